The van der Waals surface area contributed by atoms with Crippen molar-refractivity contribution in [3.63, 3.8) is 0 Å². The molecule has 0 heterocycles. The molecular weight excluding hydrogens is 220 g/mol. The van der Waals surface area contributed by atoms with Gasteiger partial charge in [0, 0.05) is 20.0 Å². The van der Waals surface area contributed by atoms with Gasteiger partial charge in [-0.25, -0.2) is 4.79 Å². The molecule has 5 heteroatoms. The van der Waals surface area contributed by atoms with Gasteiger partial charge in [-0.05, 0) is 11.1 Å². The van der Waals surface area contributed by atoms with Crippen molar-refractivity contribution in [3.8, 4) is 0 Å². The molecule has 0 radical (unpaired) electrons. The van der Waals surface area contributed by atoms with Gasteiger partial charge < -0.3 is 15.4 Å². The van der Waals surface area contributed by atoms with E-state index in [1.807, 2.05) is 24.3 Å². The molecule has 5 nitrogen and oxygen atoms in total. The number of hydrogen-bond donors (Lipinski definition) is 2. The molecule has 1 rings (SSSR count). The van der Waals surface area contributed by atoms with Crippen LogP contribution in [0.5, 0.6) is 0 Å². The largest absolute Gasteiger partial charge is 0.453 e. The first-order chi connectivity index (χ1) is 8.11. The van der Waals surface area contributed by atoms with Crippen LogP contribution in [0.2, 0.25) is 0 Å². The molecule has 0 unspecified atom stereocenters. The van der Waals surface area contributed by atoms with E-state index in [9.17, 15) is 9.59 Å². The van der Waals surface area contributed by atoms with E-state index in [0.29, 0.717) is 13.1 Å². The maximum Gasteiger partial charge on any atom is 0.407 e. The predicted octanol–water partition coefficient (Wildman–Crippen LogP) is 1.18. The second-order valence-electron chi connectivity index (χ2n) is 3.57. The minimum absolute atomic E-state index is 0.0666. The second-order valence-corrected chi connectivity index (χ2v) is 3.57. The molecule has 1 aromatic carbocycles. The first kappa shape index (κ1) is 13.0. The van der Waals surface area contributed by atoms with Crippen molar-refractivity contribution in [1.29, 1.82) is 0 Å². The number of hydrogen-bond acceptors (Lipinski definition) is 3. The third-order valence-electron chi connectivity index (χ3n) is 2.16. The van der Waals surface area contributed by atoms with Gasteiger partial charge in [-0.3, -0.25) is 4.79 Å². The molecule has 92 valence electrons. The number of benzene rings is 1. The Morgan fingerprint density at radius 3 is 2.29 bits per heavy atom. The number of alkyl carbamates (subject to hydrolysis) is 1. The fourth-order valence-corrected chi connectivity index (χ4v) is 1.32. The van der Waals surface area contributed by atoms with Crippen LogP contribution < -0.4 is 10.6 Å². The zero-order chi connectivity index (χ0) is 12.7. The minimum Gasteiger partial charge on any atom is -0.453 e. The molecule has 0 saturated carbocycles. The standard InChI is InChI=1S/C12H16N2O3/c1-9(15)13-7-10-4-3-5-11(6-10)8-14-12(16)17-2/h3-6H,7-8H2,1-2H3,(H,13,15)(H,14,16). The Morgan fingerprint density at radius 1 is 1.18 bits per heavy atom. The van der Waals surface area contributed by atoms with Gasteiger partial charge in [0.15, 0.2) is 0 Å². The fourth-order valence-electron chi connectivity index (χ4n) is 1.32. The van der Waals surface area contributed by atoms with Crippen molar-refractivity contribution in [2.45, 2.75) is 20.0 Å². The lowest BCUT2D eigenvalue weighted by molar-refractivity contribution is -0.119. The molecule has 2 N–H and O–H groups in total. The Kier molecular flexibility index (Phi) is 5.00. The summed E-state index contributed by atoms with van der Waals surface area (Å²) in [7, 11) is 1.32. The van der Waals surface area contributed by atoms with Gasteiger partial charge in [0.25, 0.3) is 0 Å². The van der Waals surface area contributed by atoms with Gasteiger partial charge in [0.1, 0.15) is 0 Å². The first-order valence-electron chi connectivity index (χ1n) is 5.26. The lowest BCUT2D eigenvalue weighted by Gasteiger charge is -2.07. The normalized spacial score (nSPS) is 9.53. The Balaban J connectivity index is 2.53. The van der Waals surface area contributed by atoms with Crippen molar-refractivity contribution in [2.75, 3.05) is 7.11 Å². The molecule has 0 aliphatic carbocycles. The monoisotopic (exact) mass is 236 g/mol. The second kappa shape index (κ2) is 6.52. The van der Waals surface area contributed by atoms with E-state index in [2.05, 4.69) is 15.4 Å². The quantitative estimate of drug-likeness (QED) is 0.824. The van der Waals surface area contributed by atoms with Crippen LogP contribution in [0.4, 0.5) is 4.79 Å². The van der Waals surface area contributed by atoms with Gasteiger partial charge in [0.05, 0.1) is 7.11 Å². The summed E-state index contributed by atoms with van der Waals surface area (Å²) in [6.07, 6.45) is -0.461. The van der Waals surface area contributed by atoms with Gasteiger partial charge in [-0.2, -0.15) is 0 Å². The molecule has 2 amide bonds. The number of methoxy groups -OCH3 is 1. The van der Waals surface area contributed by atoms with Crippen molar-refractivity contribution >= 4 is 12.0 Å². The highest BCUT2D eigenvalue weighted by Gasteiger charge is 2.00. The van der Waals surface area contributed by atoms with Crippen LogP contribution >= 0.6 is 0 Å². The van der Waals surface area contributed by atoms with E-state index in [1.54, 1.807) is 0 Å². The van der Waals surface area contributed by atoms with E-state index in [1.165, 1.54) is 14.0 Å². The van der Waals surface area contributed by atoms with Gasteiger partial charge in [0.2, 0.25) is 5.91 Å². The summed E-state index contributed by atoms with van der Waals surface area (Å²) < 4.78 is 4.47. The third kappa shape index (κ3) is 5.01. The Labute approximate surface area is 100 Å². The Morgan fingerprint density at radius 2 is 1.76 bits per heavy atom. The highest BCUT2D eigenvalue weighted by Crippen LogP contribution is 2.05. The topological polar surface area (TPSA) is 67.4 Å². The molecular formula is C12H16N2O3. The highest BCUT2D eigenvalue weighted by molar-refractivity contribution is 5.72. The van der Waals surface area contributed by atoms with Crippen LogP contribution in [0.1, 0.15) is 18.1 Å². The van der Waals surface area contributed by atoms with E-state index < -0.39 is 6.09 Å². The van der Waals surface area contributed by atoms with Crippen molar-refractivity contribution in [1.82, 2.24) is 10.6 Å². The molecule has 0 aliphatic heterocycles. The molecule has 0 aliphatic rings. The number of nitrogens with one attached hydrogen (secondary N) is 2. The molecule has 0 fully saturated rings. The van der Waals surface area contributed by atoms with Gasteiger partial charge in [-0.1, -0.05) is 24.3 Å². The van der Waals surface area contributed by atoms with Crippen molar-refractivity contribution < 1.29 is 14.3 Å². The van der Waals surface area contributed by atoms with E-state index in [4.69, 9.17) is 0 Å². The summed E-state index contributed by atoms with van der Waals surface area (Å²) in [4.78, 5) is 21.7. The molecule has 0 aromatic heterocycles. The van der Waals surface area contributed by atoms with Gasteiger partial charge >= 0.3 is 6.09 Å². The summed E-state index contributed by atoms with van der Waals surface area (Å²) in [6, 6.07) is 7.61. The third-order valence-corrected chi connectivity index (χ3v) is 2.16. The van der Waals surface area contributed by atoms with Crippen molar-refractivity contribution in [3.05, 3.63) is 35.4 Å². The van der Waals surface area contributed by atoms with Crippen LogP contribution in [0.3, 0.4) is 0 Å². The minimum atomic E-state index is -0.461. The Hall–Kier alpha value is -2.04. The fraction of sp³-hybridized carbons (Fsp3) is 0.333. The van der Waals surface area contributed by atoms with Crippen LogP contribution in [0.15, 0.2) is 24.3 Å². The zero-order valence-electron chi connectivity index (χ0n) is 9.95. The first-order valence-corrected chi connectivity index (χ1v) is 5.26. The number of amides is 2. The van der Waals surface area contributed by atoms with Crippen LogP contribution in [-0.2, 0) is 22.6 Å². The molecule has 0 bridgehead atoms. The van der Waals surface area contributed by atoms with Gasteiger partial charge in [-0.15, -0.1) is 0 Å². The predicted molar refractivity (Wildman–Crippen MR) is 63.2 cm³/mol. The number of carbonyl (C=O) groups excluding carboxylic acids is 2. The Bertz CT molecular complexity index is 404. The SMILES string of the molecule is COC(=O)NCc1cccc(CNC(C)=O)c1. The number of carbonyl (C=O) groups is 2. The highest BCUT2D eigenvalue weighted by atomic mass is 16.5. The van der Waals surface area contributed by atoms with E-state index in [0.717, 1.165) is 11.1 Å². The maximum absolute atomic E-state index is 10.9. The zero-order valence-corrected chi connectivity index (χ0v) is 9.95. The van der Waals surface area contributed by atoms with Crippen LogP contribution in [0, 0.1) is 0 Å². The molecule has 17 heavy (non-hydrogen) atoms. The smallest absolute Gasteiger partial charge is 0.407 e. The van der Waals surface area contributed by atoms with Crippen LogP contribution in [0.25, 0.3) is 0 Å². The van der Waals surface area contributed by atoms with Crippen LogP contribution in [-0.4, -0.2) is 19.1 Å². The van der Waals surface area contributed by atoms with Crippen molar-refractivity contribution in [2.24, 2.45) is 0 Å². The molecule has 0 atom stereocenters. The summed E-state index contributed by atoms with van der Waals surface area (Å²) >= 11 is 0. The molecule has 1 aromatic rings. The summed E-state index contributed by atoms with van der Waals surface area (Å²) in [5.74, 6) is -0.0666. The van der Waals surface area contributed by atoms with E-state index in [-0.39, 0.29) is 5.91 Å². The molecule has 0 saturated heterocycles. The average molecular weight is 236 g/mol. The lowest BCUT2D eigenvalue weighted by Crippen LogP contribution is -2.22. The molecule has 0 spiro atoms. The maximum atomic E-state index is 10.9. The summed E-state index contributed by atoms with van der Waals surface area (Å²) in [5.41, 5.74) is 1.95. The van der Waals surface area contributed by atoms with E-state index >= 15 is 0 Å². The summed E-state index contributed by atoms with van der Waals surface area (Å²) in [5, 5.41) is 5.31. The summed E-state index contributed by atoms with van der Waals surface area (Å²) in [6.45, 7) is 2.37. The number of rotatable bonds is 4. The lowest BCUT2D eigenvalue weighted by atomic mass is 10.1. The number of ether oxygens (including phenoxy) is 1. The average Bonchev–Trinajstić information content (AvgIpc) is 2.34.